The number of benzene rings is 1. The molecule has 2 rings (SSSR count). The SMILES string of the molecule is CCOc1cc(C)cc2ccc(C)nc12. The number of fused-ring (bicyclic) bond motifs is 1. The van der Waals surface area contributed by atoms with Crippen LogP contribution in [0.1, 0.15) is 18.2 Å². The van der Waals surface area contributed by atoms with Gasteiger partial charge in [-0.2, -0.15) is 0 Å². The first-order valence-corrected chi connectivity index (χ1v) is 5.21. The van der Waals surface area contributed by atoms with Crippen LogP contribution in [0, 0.1) is 13.8 Å². The molecule has 1 aromatic heterocycles. The molecule has 0 atom stereocenters. The second-order valence-corrected chi connectivity index (χ2v) is 3.72. The van der Waals surface area contributed by atoms with E-state index in [0.717, 1.165) is 22.3 Å². The maximum absolute atomic E-state index is 5.59. The summed E-state index contributed by atoms with van der Waals surface area (Å²) in [6, 6.07) is 8.28. The molecule has 0 spiro atoms. The smallest absolute Gasteiger partial charge is 0.145 e. The van der Waals surface area contributed by atoms with Crippen LogP contribution in [0.15, 0.2) is 24.3 Å². The zero-order chi connectivity index (χ0) is 10.8. The van der Waals surface area contributed by atoms with E-state index in [2.05, 4.69) is 24.0 Å². The molecule has 0 aliphatic rings. The minimum Gasteiger partial charge on any atom is -0.492 e. The molecule has 0 aliphatic carbocycles. The van der Waals surface area contributed by atoms with Gasteiger partial charge in [-0.05, 0) is 44.5 Å². The van der Waals surface area contributed by atoms with Crippen LogP contribution < -0.4 is 4.74 Å². The fourth-order valence-corrected chi connectivity index (χ4v) is 1.71. The predicted octanol–water partition coefficient (Wildman–Crippen LogP) is 3.25. The van der Waals surface area contributed by atoms with Crippen molar-refractivity contribution >= 4 is 10.9 Å². The molecule has 0 aliphatic heterocycles. The van der Waals surface area contributed by atoms with Crippen molar-refractivity contribution in [3.63, 3.8) is 0 Å². The number of rotatable bonds is 2. The molecule has 0 radical (unpaired) electrons. The highest BCUT2D eigenvalue weighted by Gasteiger charge is 2.04. The summed E-state index contributed by atoms with van der Waals surface area (Å²) in [5.74, 6) is 0.885. The van der Waals surface area contributed by atoms with Crippen molar-refractivity contribution in [2.75, 3.05) is 6.61 Å². The Balaban J connectivity index is 2.70. The van der Waals surface area contributed by atoms with Crippen LogP contribution in [0.3, 0.4) is 0 Å². The van der Waals surface area contributed by atoms with Crippen molar-refractivity contribution in [2.45, 2.75) is 20.8 Å². The average molecular weight is 201 g/mol. The second kappa shape index (κ2) is 3.89. The van der Waals surface area contributed by atoms with Crippen LogP contribution >= 0.6 is 0 Å². The van der Waals surface area contributed by atoms with Gasteiger partial charge in [0.25, 0.3) is 0 Å². The summed E-state index contributed by atoms with van der Waals surface area (Å²) in [5.41, 5.74) is 3.19. The summed E-state index contributed by atoms with van der Waals surface area (Å²) in [5, 5.41) is 1.14. The maximum Gasteiger partial charge on any atom is 0.145 e. The Morgan fingerprint density at radius 3 is 2.73 bits per heavy atom. The van der Waals surface area contributed by atoms with E-state index in [4.69, 9.17) is 4.74 Å². The Labute approximate surface area is 89.9 Å². The van der Waals surface area contributed by atoms with E-state index in [1.807, 2.05) is 26.0 Å². The Morgan fingerprint density at radius 1 is 1.20 bits per heavy atom. The fourth-order valence-electron chi connectivity index (χ4n) is 1.71. The minimum atomic E-state index is 0.675. The van der Waals surface area contributed by atoms with Gasteiger partial charge in [-0.25, -0.2) is 4.98 Å². The highest BCUT2D eigenvalue weighted by Crippen LogP contribution is 2.26. The number of ether oxygens (including phenoxy) is 1. The molecule has 0 unspecified atom stereocenters. The van der Waals surface area contributed by atoms with E-state index < -0.39 is 0 Å². The van der Waals surface area contributed by atoms with E-state index in [-0.39, 0.29) is 0 Å². The van der Waals surface area contributed by atoms with Crippen molar-refractivity contribution in [1.82, 2.24) is 4.98 Å². The number of aromatic nitrogens is 1. The molecular weight excluding hydrogens is 186 g/mol. The molecule has 78 valence electrons. The number of hydrogen-bond donors (Lipinski definition) is 0. The van der Waals surface area contributed by atoms with E-state index in [0.29, 0.717) is 6.61 Å². The van der Waals surface area contributed by atoms with Gasteiger partial charge in [0.15, 0.2) is 0 Å². The Morgan fingerprint density at radius 2 is 2.00 bits per heavy atom. The third-order valence-electron chi connectivity index (χ3n) is 2.34. The van der Waals surface area contributed by atoms with E-state index in [9.17, 15) is 0 Å². The third kappa shape index (κ3) is 1.94. The lowest BCUT2D eigenvalue weighted by atomic mass is 10.1. The number of nitrogens with zero attached hydrogens (tertiary/aromatic N) is 1. The third-order valence-corrected chi connectivity index (χ3v) is 2.34. The molecule has 2 heteroatoms. The molecule has 2 nitrogen and oxygen atoms in total. The van der Waals surface area contributed by atoms with Crippen molar-refractivity contribution in [3.8, 4) is 5.75 Å². The molecule has 0 fully saturated rings. The van der Waals surface area contributed by atoms with E-state index in [1.165, 1.54) is 5.56 Å². The van der Waals surface area contributed by atoms with Crippen LogP contribution in [-0.4, -0.2) is 11.6 Å². The molecule has 0 saturated carbocycles. The largest absolute Gasteiger partial charge is 0.492 e. The molecule has 0 amide bonds. The zero-order valence-corrected chi connectivity index (χ0v) is 9.37. The van der Waals surface area contributed by atoms with Gasteiger partial charge in [0.1, 0.15) is 11.3 Å². The molecule has 0 N–H and O–H groups in total. The first-order chi connectivity index (χ1) is 7.20. The first-order valence-electron chi connectivity index (χ1n) is 5.21. The molecule has 0 bridgehead atoms. The van der Waals surface area contributed by atoms with E-state index >= 15 is 0 Å². The van der Waals surface area contributed by atoms with Crippen LogP contribution in [0.25, 0.3) is 10.9 Å². The summed E-state index contributed by atoms with van der Waals surface area (Å²) in [7, 11) is 0. The monoisotopic (exact) mass is 201 g/mol. The maximum atomic E-state index is 5.59. The van der Waals surface area contributed by atoms with Crippen LogP contribution in [-0.2, 0) is 0 Å². The van der Waals surface area contributed by atoms with Gasteiger partial charge >= 0.3 is 0 Å². The van der Waals surface area contributed by atoms with Crippen molar-refractivity contribution in [2.24, 2.45) is 0 Å². The lowest BCUT2D eigenvalue weighted by Gasteiger charge is -2.08. The van der Waals surface area contributed by atoms with Crippen molar-refractivity contribution in [1.29, 1.82) is 0 Å². The first kappa shape index (κ1) is 9.97. The molecule has 1 aromatic carbocycles. The number of hydrogen-bond acceptors (Lipinski definition) is 2. The Bertz CT molecular complexity index is 491. The Hall–Kier alpha value is -1.57. The molecular formula is C13H15NO. The second-order valence-electron chi connectivity index (χ2n) is 3.72. The minimum absolute atomic E-state index is 0.675. The van der Waals surface area contributed by atoms with Gasteiger partial charge < -0.3 is 4.74 Å². The van der Waals surface area contributed by atoms with Gasteiger partial charge in [0.05, 0.1) is 6.61 Å². The van der Waals surface area contributed by atoms with Gasteiger partial charge in [0, 0.05) is 11.1 Å². The van der Waals surface area contributed by atoms with Gasteiger partial charge in [-0.15, -0.1) is 0 Å². The predicted molar refractivity (Wildman–Crippen MR) is 62.4 cm³/mol. The molecule has 1 heterocycles. The van der Waals surface area contributed by atoms with Crippen LogP contribution in [0.2, 0.25) is 0 Å². The highest BCUT2D eigenvalue weighted by molar-refractivity contribution is 5.85. The summed E-state index contributed by atoms with van der Waals surface area (Å²) < 4.78 is 5.59. The van der Waals surface area contributed by atoms with E-state index in [1.54, 1.807) is 0 Å². The van der Waals surface area contributed by atoms with Crippen molar-refractivity contribution in [3.05, 3.63) is 35.5 Å². The summed E-state index contributed by atoms with van der Waals surface area (Å²) >= 11 is 0. The highest BCUT2D eigenvalue weighted by atomic mass is 16.5. The standard InChI is InChI=1S/C13H15NO/c1-4-15-12-8-9(2)7-11-6-5-10(3)14-13(11)12/h5-8H,4H2,1-3H3. The Kier molecular flexibility index (Phi) is 2.58. The topological polar surface area (TPSA) is 22.1 Å². The number of aryl methyl sites for hydroxylation is 2. The van der Waals surface area contributed by atoms with Gasteiger partial charge in [0.2, 0.25) is 0 Å². The van der Waals surface area contributed by atoms with Crippen LogP contribution in [0.4, 0.5) is 0 Å². The molecule has 15 heavy (non-hydrogen) atoms. The van der Waals surface area contributed by atoms with Gasteiger partial charge in [-0.1, -0.05) is 6.07 Å². The van der Waals surface area contributed by atoms with Crippen molar-refractivity contribution < 1.29 is 4.74 Å². The molecule has 0 saturated heterocycles. The quantitative estimate of drug-likeness (QED) is 0.744. The normalized spacial score (nSPS) is 10.6. The van der Waals surface area contributed by atoms with Crippen LogP contribution in [0.5, 0.6) is 5.75 Å². The summed E-state index contributed by atoms with van der Waals surface area (Å²) in [4.78, 5) is 4.51. The summed E-state index contributed by atoms with van der Waals surface area (Å²) in [6.07, 6.45) is 0. The lowest BCUT2D eigenvalue weighted by Crippen LogP contribution is -1.95. The average Bonchev–Trinajstić information content (AvgIpc) is 2.19. The fraction of sp³-hybridized carbons (Fsp3) is 0.308. The lowest BCUT2D eigenvalue weighted by molar-refractivity contribution is 0.343. The summed E-state index contributed by atoms with van der Waals surface area (Å²) in [6.45, 7) is 6.73. The molecule has 2 aromatic rings. The van der Waals surface area contributed by atoms with Gasteiger partial charge in [-0.3, -0.25) is 0 Å². The zero-order valence-electron chi connectivity index (χ0n) is 9.37. The number of pyridine rings is 1.